The smallest absolute Gasteiger partial charge is 0.246 e. The van der Waals surface area contributed by atoms with Crippen molar-refractivity contribution >= 4 is 29.3 Å². The second kappa shape index (κ2) is 10.4. The fourth-order valence-electron chi connectivity index (χ4n) is 2.68. The maximum atomic E-state index is 12.4. The van der Waals surface area contributed by atoms with Crippen molar-refractivity contribution < 1.29 is 18.8 Å². The lowest BCUT2D eigenvalue weighted by Crippen LogP contribution is -2.28. The van der Waals surface area contributed by atoms with Crippen LogP contribution in [0.25, 0.3) is 11.4 Å². The fraction of sp³-hybridized carbons (Fsp3) is 0.286. The Morgan fingerprint density at radius 1 is 1.20 bits per heavy atom. The Hall–Kier alpha value is -2.71. The molecule has 7 nitrogen and oxygen atoms in total. The number of hydrogen-bond acceptors (Lipinski definition) is 7. The number of hydrogen-bond donors (Lipinski definition) is 0. The van der Waals surface area contributed by atoms with E-state index >= 15 is 0 Å². The number of ether oxygens (including phenoxy) is 2. The lowest BCUT2D eigenvalue weighted by molar-refractivity contribution is -0.127. The van der Waals surface area contributed by atoms with Crippen LogP contribution >= 0.6 is 23.4 Å². The summed E-state index contributed by atoms with van der Waals surface area (Å²) in [5.74, 6) is 2.93. The van der Waals surface area contributed by atoms with Crippen LogP contribution in [0, 0.1) is 0 Å². The van der Waals surface area contributed by atoms with Crippen molar-refractivity contribution in [3.8, 4) is 22.9 Å². The quantitative estimate of drug-likeness (QED) is 0.484. The maximum Gasteiger partial charge on any atom is 0.246 e. The zero-order valence-corrected chi connectivity index (χ0v) is 18.5. The van der Waals surface area contributed by atoms with Crippen LogP contribution in [0.1, 0.15) is 11.5 Å². The molecule has 1 amide bonds. The molecule has 3 rings (SSSR count). The number of halogens is 1. The van der Waals surface area contributed by atoms with Crippen molar-refractivity contribution in [3.63, 3.8) is 0 Å². The molecule has 0 saturated carbocycles. The van der Waals surface area contributed by atoms with Crippen molar-refractivity contribution in [3.05, 3.63) is 58.9 Å². The number of thioether (sulfide) groups is 1. The third-order valence-electron chi connectivity index (χ3n) is 4.36. The van der Waals surface area contributed by atoms with Crippen LogP contribution in [0.5, 0.6) is 11.5 Å². The van der Waals surface area contributed by atoms with Crippen molar-refractivity contribution in [2.45, 2.75) is 12.3 Å². The molecular weight excluding hydrogens is 426 g/mol. The summed E-state index contributed by atoms with van der Waals surface area (Å²) in [6, 6.07) is 13.0. The molecule has 3 aromatic rings. The van der Waals surface area contributed by atoms with Crippen LogP contribution in [0.2, 0.25) is 5.02 Å². The zero-order valence-electron chi connectivity index (χ0n) is 16.9. The second-order valence-corrected chi connectivity index (χ2v) is 7.80. The summed E-state index contributed by atoms with van der Waals surface area (Å²) in [7, 11) is 4.85. The van der Waals surface area contributed by atoms with Gasteiger partial charge in [0.15, 0.2) is 0 Å². The van der Waals surface area contributed by atoms with Crippen LogP contribution in [-0.2, 0) is 17.1 Å². The van der Waals surface area contributed by atoms with E-state index in [4.69, 9.17) is 25.6 Å². The van der Waals surface area contributed by atoms with Gasteiger partial charge in [0, 0.05) is 23.9 Å². The number of rotatable bonds is 9. The van der Waals surface area contributed by atoms with Gasteiger partial charge in [0.25, 0.3) is 0 Å². The standard InChI is InChI=1S/C21H22ClN3O4S/c1-25(20(26)13-30-12-14-6-4-5-7-17(14)22)11-19-23-21(24-29-19)16-9-8-15(27-2)10-18(16)28-3/h4-10H,11-13H2,1-3H3. The Labute approximate surface area is 184 Å². The van der Waals surface area contributed by atoms with E-state index < -0.39 is 0 Å². The number of nitrogens with zero attached hydrogens (tertiary/aromatic N) is 3. The number of amides is 1. The molecule has 0 spiro atoms. The van der Waals surface area contributed by atoms with Gasteiger partial charge in [-0.15, -0.1) is 11.8 Å². The highest BCUT2D eigenvalue weighted by Gasteiger charge is 2.17. The van der Waals surface area contributed by atoms with Crippen molar-refractivity contribution in [1.82, 2.24) is 15.0 Å². The molecule has 0 saturated heterocycles. The highest BCUT2D eigenvalue weighted by molar-refractivity contribution is 7.99. The first-order valence-corrected chi connectivity index (χ1v) is 10.6. The Morgan fingerprint density at radius 2 is 2.00 bits per heavy atom. The topological polar surface area (TPSA) is 77.7 Å². The molecule has 9 heteroatoms. The van der Waals surface area contributed by atoms with Gasteiger partial charge in [-0.1, -0.05) is 35.0 Å². The zero-order chi connectivity index (χ0) is 21.5. The van der Waals surface area contributed by atoms with Gasteiger partial charge < -0.3 is 18.9 Å². The van der Waals surface area contributed by atoms with E-state index in [1.165, 1.54) is 11.8 Å². The summed E-state index contributed by atoms with van der Waals surface area (Å²) in [6.07, 6.45) is 0. The van der Waals surface area contributed by atoms with E-state index in [0.29, 0.717) is 45.3 Å². The summed E-state index contributed by atoms with van der Waals surface area (Å²) < 4.78 is 15.9. The first-order valence-electron chi connectivity index (χ1n) is 9.12. The van der Waals surface area contributed by atoms with Gasteiger partial charge in [-0.2, -0.15) is 4.98 Å². The number of benzene rings is 2. The van der Waals surface area contributed by atoms with E-state index in [0.717, 1.165) is 5.56 Å². The first-order chi connectivity index (χ1) is 14.5. The Morgan fingerprint density at radius 3 is 2.73 bits per heavy atom. The third kappa shape index (κ3) is 5.46. The molecule has 0 aliphatic rings. The number of carbonyl (C=O) groups is 1. The Bertz CT molecular complexity index is 1010. The average Bonchev–Trinajstić information content (AvgIpc) is 3.22. The minimum absolute atomic E-state index is 0.0335. The second-order valence-electron chi connectivity index (χ2n) is 6.41. The van der Waals surface area contributed by atoms with Gasteiger partial charge in [-0.05, 0) is 23.8 Å². The molecule has 0 radical (unpaired) electrons. The molecule has 0 bridgehead atoms. The predicted octanol–water partition coefficient (Wildman–Crippen LogP) is 4.30. The molecule has 1 heterocycles. The average molecular weight is 448 g/mol. The number of aromatic nitrogens is 2. The van der Waals surface area contributed by atoms with Crippen molar-refractivity contribution in [2.24, 2.45) is 0 Å². The van der Waals surface area contributed by atoms with Crippen molar-refractivity contribution in [2.75, 3.05) is 27.0 Å². The van der Waals surface area contributed by atoms with E-state index in [1.54, 1.807) is 44.4 Å². The van der Waals surface area contributed by atoms with Crippen molar-refractivity contribution in [1.29, 1.82) is 0 Å². The molecule has 0 unspecified atom stereocenters. The molecule has 0 aliphatic heterocycles. The molecule has 30 heavy (non-hydrogen) atoms. The van der Waals surface area contributed by atoms with Gasteiger partial charge in [-0.3, -0.25) is 4.79 Å². The lowest BCUT2D eigenvalue weighted by Gasteiger charge is -2.14. The van der Waals surface area contributed by atoms with Crippen LogP contribution in [0.4, 0.5) is 0 Å². The summed E-state index contributed by atoms with van der Waals surface area (Å²) in [5, 5.41) is 4.72. The van der Waals surface area contributed by atoms with Gasteiger partial charge >= 0.3 is 0 Å². The molecular formula is C21H22ClN3O4S. The van der Waals surface area contributed by atoms with E-state index in [9.17, 15) is 4.79 Å². The molecule has 0 aliphatic carbocycles. The fourth-order valence-corrected chi connectivity index (χ4v) is 3.93. The summed E-state index contributed by atoms with van der Waals surface area (Å²) in [6.45, 7) is 0.219. The normalized spacial score (nSPS) is 10.7. The van der Waals surface area contributed by atoms with Crippen LogP contribution < -0.4 is 9.47 Å². The van der Waals surface area contributed by atoms with E-state index in [-0.39, 0.29) is 12.5 Å². The van der Waals surface area contributed by atoms with Gasteiger partial charge in [0.1, 0.15) is 11.5 Å². The van der Waals surface area contributed by atoms with Crippen LogP contribution in [0.15, 0.2) is 47.0 Å². The number of methoxy groups -OCH3 is 2. The molecule has 0 atom stereocenters. The monoisotopic (exact) mass is 447 g/mol. The SMILES string of the molecule is COc1ccc(-c2noc(CN(C)C(=O)CSCc3ccccc3Cl)n2)c(OC)c1. The Balaban J connectivity index is 1.57. The maximum absolute atomic E-state index is 12.4. The highest BCUT2D eigenvalue weighted by atomic mass is 35.5. The van der Waals surface area contributed by atoms with Gasteiger partial charge in [0.2, 0.25) is 17.6 Å². The largest absolute Gasteiger partial charge is 0.497 e. The molecule has 0 N–H and O–H groups in total. The lowest BCUT2D eigenvalue weighted by atomic mass is 10.2. The van der Waals surface area contributed by atoms with Gasteiger partial charge in [-0.25, -0.2) is 0 Å². The summed E-state index contributed by atoms with van der Waals surface area (Å²) in [4.78, 5) is 18.4. The number of carbonyl (C=O) groups excluding carboxylic acids is 1. The van der Waals surface area contributed by atoms with Crippen LogP contribution in [0.3, 0.4) is 0 Å². The minimum atomic E-state index is -0.0335. The summed E-state index contributed by atoms with van der Waals surface area (Å²) >= 11 is 7.66. The van der Waals surface area contributed by atoms with E-state index in [1.807, 2.05) is 24.3 Å². The molecule has 0 fully saturated rings. The van der Waals surface area contributed by atoms with Gasteiger partial charge in [0.05, 0.1) is 32.1 Å². The third-order valence-corrected chi connectivity index (χ3v) is 5.69. The first kappa shape index (κ1) is 22.0. The highest BCUT2D eigenvalue weighted by Crippen LogP contribution is 2.31. The summed E-state index contributed by atoms with van der Waals surface area (Å²) in [5.41, 5.74) is 1.69. The molecule has 158 valence electrons. The predicted molar refractivity (Wildman–Crippen MR) is 117 cm³/mol. The Kier molecular flexibility index (Phi) is 7.59. The molecule has 1 aromatic heterocycles. The van der Waals surface area contributed by atoms with Crippen LogP contribution in [-0.4, -0.2) is 48.0 Å². The van der Waals surface area contributed by atoms with E-state index in [2.05, 4.69) is 10.1 Å². The minimum Gasteiger partial charge on any atom is -0.497 e. The molecule has 2 aromatic carbocycles.